The average molecular weight is 206 g/mol. The minimum absolute atomic E-state index is 0.199. The normalized spacial score (nSPS) is 10.0. The van der Waals surface area contributed by atoms with Crippen LogP contribution in [-0.4, -0.2) is 27.3 Å². The van der Waals surface area contributed by atoms with Crippen LogP contribution in [0.5, 0.6) is 5.88 Å². The lowest BCUT2D eigenvalue weighted by molar-refractivity contribution is 0.392. The van der Waals surface area contributed by atoms with Crippen molar-refractivity contribution >= 4 is 0 Å². The van der Waals surface area contributed by atoms with E-state index >= 15 is 0 Å². The van der Waals surface area contributed by atoms with Gasteiger partial charge in [0.15, 0.2) is 5.82 Å². The smallest absolute Gasteiger partial charge is 0.233 e. The summed E-state index contributed by atoms with van der Waals surface area (Å²) >= 11 is 0. The summed E-state index contributed by atoms with van der Waals surface area (Å²) in [7, 11) is 1.49. The Labute approximate surface area is 85.0 Å². The van der Waals surface area contributed by atoms with E-state index in [4.69, 9.17) is 4.74 Å². The molecular formula is C9H7FN4O. The van der Waals surface area contributed by atoms with E-state index < -0.39 is 5.95 Å². The van der Waals surface area contributed by atoms with Gasteiger partial charge in [0.25, 0.3) is 0 Å². The summed E-state index contributed by atoms with van der Waals surface area (Å²) in [6, 6.07) is 4.39. The SMILES string of the molecule is COc1ccc(-c2nccc(F)n2)nn1. The van der Waals surface area contributed by atoms with Crippen molar-refractivity contribution in [2.24, 2.45) is 0 Å². The van der Waals surface area contributed by atoms with Crippen LogP contribution in [0.3, 0.4) is 0 Å². The zero-order chi connectivity index (χ0) is 10.7. The van der Waals surface area contributed by atoms with E-state index in [0.29, 0.717) is 11.6 Å². The Hall–Kier alpha value is -2.11. The number of methoxy groups -OCH3 is 1. The van der Waals surface area contributed by atoms with Crippen molar-refractivity contribution in [2.45, 2.75) is 0 Å². The van der Waals surface area contributed by atoms with Crippen LogP contribution >= 0.6 is 0 Å². The lowest BCUT2D eigenvalue weighted by Crippen LogP contribution is -1.96. The van der Waals surface area contributed by atoms with Crippen molar-refractivity contribution in [3.8, 4) is 17.4 Å². The van der Waals surface area contributed by atoms with Crippen LogP contribution in [0, 0.1) is 5.95 Å². The molecule has 2 aromatic heterocycles. The van der Waals surface area contributed by atoms with Crippen molar-refractivity contribution in [3.05, 3.63) is 30.3 Å². The Balaban J connectivity index is 2.37. The predicted molar refractivity (Wildman–Crippen MR) is 49.6 cm³/mol. The van der Waals surface area contributed by atoms with Gasteiger partial charge < -0.3 is 4.74 Å². The third-order valence-electron chi connectivity index (χ3n) is 1.70. The molecule has 0 aliphatic heterocycles. The molecule has 0 saturated heterocycles. The number of hydrogen-bond donors (Lipinski definition) is 0. The maximum Gasteiger partial charge on any atom is 0.233 e. The quantitative estimate of drug-likeness (QED) is 0.688. The molecule has 2 aromatic rings. The number of rotatable bonds is 2. The van der Waals surface area contributed by atoms with Crippen LogP contribution in [0.1, 0.15) is 0 Å². The van der Waals surface area contributed by atoms with E-state index in [1.807, 2.05) is 0 Å². The van der Waals surface area contributed by atoms with E-state index in [0.717, 1.165) is 0 Å². The summed E-state index contributed by atoms with van der Waals surface area (Å²) in [6.45, 7) is 0. The second-order valence-corrected chi connectivity index (χ2v) is 2.66. The molecule has 76 valence electrons. The Bertz CT molecular complexity index is 460. The lowest BCUT2D eigenvalue weighted by Gasteiger charge is -1.99. The molecule has 0 aromatic carbocycles. The number of hydrogen-bond acceptors (Lipinski definition) is 5. The summed E-state index contributed by atoms with van der Waals surface area (Å²) in [5, 5.41) is 7.52. The molecule has 0 N–H and O–H groups in total. The Morgan fingerprint density at radius 1 is 1.20 bits per heavy atom. The van der Waals surface area contributed by atoms with E-state index in [2.05, 4.69) is 20.2 Å². The lowest BCUT2D eigenvalue weighted by atomic mass is 10.3. The van der Waals surface area contributed by atoms with Crippen LogP contribution < -0.4 is 4.74 Å². The molecule has 5 nitrogen and oxygen atoms in total. The molecule has 0 radical (unpaired) electrons. The molecule has 0 spiro atoms. The van der Waals surface area contributed by atoms with Gasteiger partial charge in [0.1, 0.15) is 5.69 Å². The molecule has 0 bridgehead atoms. The molecule has 15 heavy (non-hydrogen) atoms. The number of halogens is 1. The summed E-state index contributed by atoms with van der Waals surface area (Å²) in [5.41, 5.74) is 0.398. The topological polar surface area (TPSA) is 60.8 Å². The highest BCUT2D eigenvalue weighted by molar-refractivity contribution is 5.47. The molecule has 0 fully saturated rings. The van der Waals surface area contributed by atoms with Gasteiger partial charge >= 0.3 is 0 Å². The monoisotopic (exact) mass is 206 g/mol. The summed E-state index contributed by atoms with van der Waals surface area (Å²) in [4.78, 5) is 7.45. The highest BCUT2D eigenvalue weighted by Gasteiger charge is 2.04. The Morgan fingerprint density at radius 3 is 2.67 bits per heavy atom. The van der Waals surface area contributed by atoms with Crippen molar-refractivity contribution < 1.29 is 9.13 Å². The Morgan fingerprint density at radius 2 is 2.07 bits per heavy atom. The third-order valence-corrected chi connectivity index (χ3v) is 1.70. The van der Waals surface area contributed by atoms with Crippen molar-refractivity contribution in [2.75, 3.05) is 7.11 Å². The summed E-state index contributed by atoms with van der Waals surface area (Å²) < 4.78 is 17.6. The largest absolute Gasteiger partial charge is 0.480 e. The first-order chi connectivity index (χ1) is 7.29. The van der Waals surface area contributed by atoms with Gasteiger partial charge in [0.05, 0.1) is 7.11 Å². The zero-order valence-corrected chi connectivity index (χ0v) is 7.88. The molecule has 0 aliphatic rings. The average Bonchev–Trinajstić information content (AvgIpc) is 2.29. The molecule has 0 saturated carbocycles. The number of aromatic nitrogens is 4. The van der Waals surface area contributed by atoms with Crippen molar-refractivity contribution in [3.63, 3.8) is 0 Å². The first-order valence-corrected chi connectivity index (χ1v) is 4.16. The highest BCUT2D eigenvalue weighted by Crippen LogP contribution is 2.12. The fraction of sp³-hybridized carbons (Fsp3) is 0.111. The molecule has 0 aliphatic carbocycles. The second-order valence-electron chi connectivity index (χ2n) is 2.66. The van der Waals surface area contributed by atoms with Gasteiger partial charge in [-0.15, -0.1) is 10.2 Å². The van der Waals surface area contributed by atoms with Crippen LogP contribution in [0.25, 0.3) is 11.5 Å². The molecule has 2 heterocycles. The molecule has 0 amide bonds. The minimum atomic E-state index is -0.599. The van der Waals surface area contributed by atoms with Crippen LogP contribution in [0.4, 0.5) is 4.39 Å². The second kappa shape index (κ2) is 3.95. The molecule has 6 heteroatoms. The van der Waals surface area contributed by atoms with Crippen LogP contribution in [0.15, 0.2) is 24.4 Å². The first kappa shape index (κ1) is 9.45. The van der Waals surface area contributed by atoms with Gasteiger partial charge in [-0.3, -0.25) is 0 Å². The van der Waals surface area contributed by atoms with Gasteiger partial charge in [-0.2, -0.15) is 9.37 Å². The van der Waals surface area contributed by atoms with Crippen molar-refractivity contribution in [1.82, 2.24) is 20.2 Å². The van der Waals surface area contributed by atoms with E-state index in [1.54, 1.807) is 12.1 Å². The first-order valence-electron chi connectivity index (χ1n) is 4.16. The molecule has 0 unspecified atom stereocenters. The Kier molecular flexibility index (Phi) is 2.49. The standard InChI is InChI=1S/C9H7FN4O/c1-15-8-3-2-6(13-14-8)9-11-5-4-7(10)12-9/h2-5H,1H3. The maximum absolute atomic E-state index is 12.8. The van der Waals surface area contributed by atoms with Crippen LogP contribution in [0.2, 0.25) is 0 Å². The maximum atomic E-state index is 12.8. The van der Waals surface area contributed by atoms with E-state index in [-0.39, 0.29) is 5.82 Å². The van der Waals surface area contributed by atoms with Gasteiger partial charge in [0, 0.05) is 18.3 Å². The van der Waals surface area contributed by atoms with Crippen LogP contribution in [-0.2, 0) is 0 Å². The zero-order valence-electron chi connectivity index (χ0n) is 7.88. The number of nitrogens with zero attached hydrogens (tertiary/aromatic N) is 4. The summed E-state index contributed by atoms with van der Waals surface area (Å²) in [5.74, 6) is -0.0158. The van der Waals surface area contributed by atoms with Gasteiger partial charge in [0.2, 0.25) is 11.8 Å². The molecule has 2 rings (SSSR count). The fourth-order valence-corrected chi connectivity index (χ4v) is 1.01. The predicted octanol–water partition coefficient (Wildman–Crippen LogP) is 1.08. The number of ether oxygens (including phenoxy) is 1. The van der Waals surface area contributed by atoms with Gasteiger partial charge in [-0.1, -0.05) is 0 Å². The van der Waals surface area contributed by atoms with Gasteiger partial charge in [-0.05, 0) is 6.07 Å². The fourth-order valence-electron chi connectivity index (χ4n) is 1.01. The highest BCUT2D eigenvalue weighted by atomic mass is 19.1. The van der Waals surface area contributed by atoms with E-state index in [9.17, 15) is 4.39 Å². The third kappa shape index (κ3) is 2.04. The minimum Gasteiger partial charge on any atom is -0.480 e. The van der Waals surface area contributed by atoms with Gasteiger partial charge in [-0.25, -0.2) is 4.98 Å². The molecular weight excluding hydrogens is 199 g/mol. The van der Waals surface area contributed by atoms with E-state index in [1.165, 1.54) is 19.4 Å². The van der Waals surface area contributed by atoms with Crippen molar-refractivity contribution in [1.29, 1.82) is 0 Å². The summed E-state index contributed by atoms with van der Waals surface area (Å²) in [6.07, 6.45) is 1.32. The molecule has 0 atom stereocenters.